The Bertz CT molecular complexity index is 730. The maximum Gasteiger partial charge on any atom is 0.241 e. The minimum Gasteiger partial charge on any atom is -0.320 e. The van der Waals surface area contributed by atoms with E-state index < -0.39 is 10.0 Å². The van der Waals surface area contributed by atoms with Gasteiger partial charge in [0, 0.05) is 5.56 Å². The van der Waals surface area contributed by atoms with Crippen LogP contribution in [0.1, 0.15) is 11.4 Å². The molecule has 0 bridgehead atoms. The summed E-state index contributed by atoms with van der Waals surface area (Å²) in [7, 11) is -3.65. The molecule has 1 heterocycles. The van der Waals surface area contributed by atoms with Crippen LogP contribution in [0.5, 0.6) is 0 Å². The number of sulfonamides is 1. The highest BCUT2D eigenvalue weighted by Crippen LogP contribution is 2.11. The van der Waals surface area contributed by atoms with Crippen molar-refractivity contribution in [3.63, 3.8) is 0 Å². The maximum absolute atomic E-state index is 12.1. The van der Waals surface area contributed by atoms with Crippen LogP contribution in [0.2, 0.25) is 0 Å². The van der Waals surface area contributed by atoms with Crippen molar-refractivity contribution in [1.82, 2.24) is 25.3 Å². The Labute approximate surface area is 115 Å². The standard InChI is InChI=1S/C11H12N6O2S/c12-6-2-4-9-3-1-5-10(7-9)20(18,19)13-8-11-14-16-17-15-11/h1,3,5,7,13H,6,8,12H2,(H,14,15,16,17). The smallest absolute Gasteiger partial charge is 0.241 e. The molecule has 0 aliphatic carbocycles. The highest BCUT2D eigenvalue weighted by atomic mass is 32.2. The molecule has 0 radical (unpaired) electrons. The van der Waals surface area contributed by atoms with Crippen molar-refractivity contribution in [3.05, 3.63) is 35.7 Å². The molecule has 0 saturated heterocycles. The number of rotatable bonds is 4. The van der Waals surface area contributed by atoms with Gasteiger partial charge in [-0.3, -0.25) is 0 Å². The zero-order valence-electron chi connectivity index (χ0n) is 10.4. The molecule has 8 nitrogen and oxygen atoms in total. The third-order valence-corrected chi connectivity index (χ3v) is 3.69. The first-order chi connectivity index (χ1) is 9.62. The molecule has 104 valence electrons. The number of aromatic nitrogens is 4. The summed E-state index contributed by atoms with van der Waals surface area (Å²) >= 11 is 0. The number of aromatic amines is 1. The second-order valence-electron chi connectivity index (χ2n) is 3.69. The fourth-order valence-corrected chi connectivity index (χ4v) is 2.42. The number of H-pyrrole nitrogens is 1. The Balaban J connectivity index is 2.16. The van der Waals surface area contributed by atoms with E-state index >= 15 is 0 Å². The maximum atomic E-state index is 12.1. The van der Waals surface area contributed by atoms with Crippen molar-refractivity contribution < 1.29 is 8.42 Å². The lowest BCUT2D eigenvalue weighted by Gasteiger charge is -2.04. The molecule has 0 aliphatic rings. The fraction of sp³-hybridized carbons (Fsp3) is 0.182. The molecule has 0 atom stereocenters. The molecular weight excluding hydrogens is 280 g/mol. The summed E-state index contributed by atoms with van der Waals surface area (Å²) in [6.07, 6.45) is 0. The summed E-state index contributed by atoms with van der Waals surface area (Å²) in [6, 6.07) is 6.28. The third-order valence-electron chi connectivity index (χ3n) is 2.29. The second-order valence-corrected chi connectivity index (χ2v) is 5.45. The van der Waals surface area contributed by atoms with Crippen molar-refractivity contribution in [2.45, 2.75) is 11.4 Å². The van der Waals surface area contributed by atoms with Gasteiger partial charge in [-0.05, 0) is 18.2 Å². The minimum atomic E-state index is -3.65. The van der Waals surface area contributed by atoms with Gasteiger partial charge in [0.15, 0.2) is 5.82 Å². The van der Waals surface area contributed by atoms with Gasteiger partial charge in [-0.15, -0.1) is 10.2 Å². The van der Waals surface area contributed by atoms with E-state index in [1.807, 2.05) is 0 Å². The van der Waals surface area contributed by atoms with Crippen molar-refractivity contribution >= 4 is 10.0 Å². The molecule has 0 saturated carbocycles. The molecule has 1 aromatic heterocycles. The monoisotopic (exact) mass is 292 g/mol. The topological polar surface area (TPSA) is 127 Å². The van der Waals surface area contributed by atoms with Crippen LogP contribution in [0.25, 0.3) is 0 Å². The number of hydrogen-bond acceptors (Lipinski definition) is 6. The largest absolute Gasteiger partial charge is 0.320 e. The van der Waals surface area contributed by atoms with Crippen molar-refractivity contribution in [2.75, 3.05) is 6.54 Å². The van der Waals surface area contributed by atoms with Crippen molar-refractivity contribution in [1.29, 1.82) is 0 Å². The molecule has 0 amide bonds. The third kappa shape index (κ3) is 3.61. The Morgan fingerprint density at radius 2 is 2.25 bits per heavy atom. The molecule has 2 rings (SSSR count). The second kappa shape index (κ2) is 6.25. The van der Waals surface area contributed by atoms with Gasteiger partial charge < -0.3 is 5.73 Å². The quantitative estimate of drug-likeness (QED) is 0.620. The van der Waals surface area contributed by atoms with Gasteiger partial charge in [0.2, 0.25) is 10.0 Å². The number of tetrazole rings is 1. The van der Waals surface area contributed by atoms with Crippen LogP contribution in [0.3, 0.4) is 0 Å². The molecule has 20 heavy (non-hydrogen) atoms. The first kappa shape index (κ1) is 14.1. The first-order valence-corrected chi connectivity index (χ1v) is 7.11. The summed E-state index contributed by atoms with van der Waals surface area (Å²) in [5.41, 5.74) is 5.86. The van der Waals surface area contributed by atoms with E-state index in [0.717, 1.165) is 0 Å². The predicted octanol–water partition coefficient (Wildman–Crippen LogP) is -1.01. The lowest BCUT2D eigenvalue weighted by molar-refractivity contribution is 0.579. The molecule has 0 aliphatic heterocycles. The van der Waals surface area contributed by atoms with E-state index in [2.05, 4.69) is 37.2 Å². The van der Waals surface area contributed by atoms with Crippen LogP contribution in [0.4, 0.5) is 0 Å². The fourth-order valence-electron chi connectivity index (χ4n) is 1.39. The van der Waals surface area contributed by atoms with E-state index in [9.17, 15) is 8.42 Å². The summed E-state index contributed by atoms with van der Waals surface area (Å²) < 4.78 is 26.5. The lowest BCUT2D eigenvalue weighted by Crippen LogP contribution is -2.23. The van der Waals surface area contributed by atoms with Gasteiger partial charge in [-0.2, -0.15) is 5.21 Å². The van der Waals surface area contributed by atoms with Gasteiger partial charge in [0.25, 0.3) is 0 Å². The molecule has 4 N–H and O–H groups in total. The lowest BCUT2D eigenvalue weighted by atomic mass is 10.2. The molecule has 2 aromatic rings. The predicted molar refractivity (Wildman–Crippen MR) is 70.6 cm³/mol. The van der Waals surface area contributed by atoms with Gasteiger partial charge in [0.1, 0.15) is 0 Å². The van der Waals surface area contributed by atoms with Gasteiger partial charge in [-0.1, -0.05) is 23.1 Å². The summed E-state index contributed by atoms with van der Waals surface area (Å²) in [5.74, 6) is 5.70. The summed E-state index contributed by atoms with van der Waals surface area (Å²) in [4.78, 5) is 0.116. The number of nitrogens with one attached hydrogen (secondary N) is 2. The van der Waals surface area contributed by atoms with Crippen LogP contribution < -0.4 is 10.5 Å². The van der Waals surface area contributed by atoms with Crippen LogP contribution in [0, 0.1) is 11.8 Å². The first-order valence-electron chi connectivity index (χ1n) is 5.63. The average molecular weight is 292 g/mol. The molecule has 1 aromatic carbocycles. The zero-order chi connectivity index (χ0) is 14.4. The number of nitrogens with two attached hydrogens (primary N) is 1. The molecular formula is C11H12N6O2S. The SMILES string of the molecule is NCC#Cc1cccc(S(=O)(=O)NCc2nn[nH]n2)c1. The van der Waals surface area contributed by atoms with Crippen LogP contribution >= 0.6 is 0 Å². The molecule has 0 spiro atoms. The number of benzene rings is 1. The van der Waals surface area contributed by atoms with E-state index in [0.29, 0.717) is 5.56 Å². The van der Waals surface area contributed by atoms with E-state index in [4.69, 9.17) is 5.73 Å². The minimum absolute atomic E-state index is 0.0441. The highest BCUT2D eigenvalue weighted by molar-refractivity contribution is 7.89. The summed E-state index contributed by atoms with van der Waals surface area (Å²) in [5, 5.41) is 12.9. The zero-order valence-corrected chi connectivity index (χ0v) is 11.2. The van der Waals surface area contributed by atoms with Gasteiger partial charge in [0.05, 0.1) is 18.0 Å². The van der Waals surface area contributed by atoms with Crippen LogP contribution in [-0.2, 0) is 16.6 Å². The summed E-state index contributed by atoms with van der Waals surface area (Å²) in [6.45, 7) is 0.171. The van der Waals surface area contributed by atoms with Crippen LogP contribution in [-0.4, -0.2) is 35.6 Å². The van der Waals surface area contributed by atoms with Gasteiger partial charge in [-0.25, -0.2) is 13.1 Å². The molecule has 0 fully saturated rings. The molecule has 0 unspecified atom stereocenters. The Hall–Kier alpha value is -2.28. The highest BCUT2D eigenvalue weighted by Gasteiger charge is 2.14. The number of nitrogens with zero attached hydrogens (tertiary/aromatic N) is 3. The van der Waals surface area contributed by atoms with Crippen molar-refractivity contribution in [3.8, 4) is 11.8 Å². The van der Waals surface area contributed by atoms with E-state index in [-0.39, 0.29) is 23.8 Å². The molecule has 9 heteroatoms. The van der Waals surface area contributed by atoms with E-state index in [1.54, 1.807) is 12.1 Å². The Morgan fingerprint density at radius 3 is 2.95 bits per heavy atom. The average Bonchev–Trinajstić information content (AvgIpc) is 2.97. The number of hydrogen-bond donors (Lipinski definition) is 3. The Morgan fingerprint density at radius 1 is 1.40 bits per heavy atom. The van der Waals surface area contributed by atoms with Crippen molar-refractivity contribution in [2.24, 2.45) is 5.73 Å². The normalized spacial score (nSPS) is 10.8. The van der Waals surface area contributed by atoms with E-state index in [1.165, 1.54) is 12.1 Å². The Kier molecular flexibility index (Phi) is 4.41. The van der Waals surface area contributed by atoms with Crippen LogP contribution in [0.15, 0.2) is 29.2 Å². The van der Waals surface area contributed by atoms with Gasteiger partial charge >= 0.3 is 0 Å².